The molecule has 19 heavy (non-hydrogen) atoms. The number of para-hydroxylation sites is 1. The van der Waals surface area contributed by atoms with Gasteiger partial charge in [0.25, 0.3) is 5.56 Å². The number of H-pyrrole nitrogens is 1. The lowest BCUT2D eigenvalue weighted by Gasteiger charge is -2.07. The second-order valence-corrected chi connectivity index (χ2v) is 4.10. The number of nitrogens with one attached hydrogen (secondary N) is 1. The van der Waals surface area contributed by atoms with Crippen molar-refractivity contribution in [3.05, 3.63) is 58.6 Å². The molecule has 0 saturated carbocycles. The fraction of sp³-hybridized carbons (Fsp3) is 0.0769. The first-order valence-electron chi connectivity index (χ1n) is 5.78. The zero-order chi connectivity index (χ0) is 13.2. The molecule has 0 spiro atoms. The van der Waals surface area contributed by atoms with E-state index in [9.17, 15) is 4.79 Å². The molecule has 6 nitrogen and oxygen atoms in total. The van der Waals surface area contributed by atoms with E-state index in [0.717, 1.165) is 5.56 Å². The maximum Gasteiger partial charge on any atom is 0.271 e. The molecule has 0 saturated heterocycles. The summed E-state index contributed by atoms with van der Waals surface area (Å²) in [5, 5.41) is 10.9. The molecule has 1 aromatic carbocycles. The van der Waals surface area contributed by atoms with Crippen LogP contribution < -0.4 is 5.56 Å². The van der Waals surface area contributed by atoms with E-state index < -0.39 is 0 Å². The van der Waals surface area contributed by atoms with Crippen molar-refractivity contribution in [2.75, 3.05) is 0 Å². The van der Waals surface area contributed by atoms with Crippen molar-refractivity contribution in [2.24, 2.45) is 0 Å². The van der Waals surface area contributed by atoms with Crippen molar-refractivity contribution in [1.29, 1.82) is 0 Å². The molecular formula is C13H11N5O. The van der Waals surface area contributed by atoms with Gasteiger partial charge in [-0.2, -0.15) is 14.9 Å². The highest BCUT2D eigenvalue weighted by Crippen LogP contribution is 2.14. The van der Waals surface area contributed by atoms with Crippen molar-refractivity contribution in [3.63, 3.8) is 0 Å². The second-order valence-electron chi connectivity index (χ2n) is 4.10. The standard InChI is InChI=1S/C13H11N5O/c1-9-7-11(19)18(10-5-3-2-4-6-10)17-12(9)13-14-8-15-16-13/h2-8H,1H3,(H,14,15,16). The summed E-state index contributed by atoms with van der Waals surface area (Å²) in [6.45, 7) is 1.82. The van der Waals surface area contributed by atoms with Crippen LogP contribution in [0.1, 0.15) is 5.56 Å². The van der Waals surface area contributed by atoms with E-state index in [-0.39, 0.29) is 5.56 Å². The van der Waals surface area contributed by atoms with Gasteiger partial charge in [0.2, 0.25) is 0 Å². The Morgan fingerprint density at radius 1 is 1.21 bits per heavy atom. The van der Waals surface area contributed by atoms with E-state index in [4.69, 9.17) is 0 Å². The van der Waals surface area contributed by atoms with Crippen LogP contribution in [0.25, 0.3) is 17.2 Å². The summed E-state index contributed by atoms with van der Waals surface area (Å²) in [5.41, 5.74) is 1.91. The van der Waals surface area contributed by atoms with Crippen molar-refractivity contribution < 1.29 is 0 Å². The topological polar surface area (TPSA) is 76.5 Å². The number of benzene rings is 1. The van der Waals surface area contributed by atoms with Crippen LogP contribution >= 0.6 is 0 Å². The van der Waals surface area contributed by atoms with Gasteiger partial charge >= 0.3 is 0 Å². The van der Waals surface area contributed by atoms with E-state index in [1.54, 1.807) is 0 Å². The highest BCUT2D eigenvalue weighted by molar-refractivity contribution is 5.53. The lowest BCUT2D eigenvalue weighted by Crippen LogP contribution is -2.21. The van der Waals surface area contributed by atoms with Gasteiger partial charge in [-0.25, -0.2) is 4.98 Å². The number of nitrogens with zero attached hydrogens (tertiary/aromatic N) is 4. The lowest BCUT2D eigenvalue weighted by atomic mass is 10.2. The average molecular weight is 253 g/mol. The van der Waals surface area contributed by atoms with Gasteiger partial charge in [0.15, 0.2) is 5.82 Å². The third-order valence-corrected chi connectivity index (χ3v) is 2.76. The summed E-state index contributed by atoms with van der Waals surface area (Å²) in [6, 6.07) is 10.8. The molecule has 0 unspecified atom stereocenters. The zero-order valence-corrected chi connectivity index (χ0v) is 10.2. The lowest BCUT2D eigenvalue weighted by molar-refractivity contribution is 0.802. The normalized spacial score (nSPS) is 10.6. The fourth-order valence-corrected chi connectivity index (χ4v) is 1.85. The highest BCUT2D eigenvalue weighted by atomic mass is 16.1. The minimum absolute atomic E-state index is 0.174. The van der Waals surface area contributed by atoms with Gasteiger partial charge in [-0.1, -0.05) is 18.2 Å². The van der Waals surface area contributed by atoms with Crippen molar-refractivity contribution in [1.82, 2.24) is 25.0 Å². The highest BCUT2D eigenvalue weighted by Gasteiger charge is 2.11. The molecule has 0 aliphatic rings. The van der Waals surface area contributed by atoms with Crippen LogP contribution in [0.4, 0.5) is 0 Å². The Kier molecular flexibility index (Phi) is 2.68. The molecule has 3 rings (SSSR count). The summed E-state index contributed by atoms with van der Waals surface area (Å²) >= 11 is 0. The van der Waals surface area contributed by atoms with Crippen molar-refractivity contribution >= 4 is 0 Å². The van der Waals surface area contributed by atoms with E-state index in [2.05, 4.69) is 20.3 Å². The Balaban J connectivity index is 2.22. The third kappa shape index (κ3) is 2.03. The quantitative estimate of drug-likeness (QED) is 0.747. The fourth-order valence-electron chi connectivity index (χ4n) is 1.85. The van der Waals surface area contributed by atoms with Gasteiger partial charge < -0.3 is 0 Å². The SMILES string of the molecule is Cc1cc(=O)n(-c2ccccc2)nc1-c1ncn[nH]1. The first-order valence-corrected chi connectivity index (χ1v) is 5.78. The number of aromatic nitrogens is 5. The van der Waals surface area contributed by atoms with E-state index >= 15 is 0 Å². The first kappa shape index (κ1) is 11.3. The summed E-state index contributed by atoms with van der Waals surface area (Å²) in [7, 11) is 0. The van der Waals surface area contributed by atoms with Gasteiger partial charge in [-0.3, -0.25) is 9.89 Å². The molecule has 0 bridgehead atoms. The van der Waals surface area contributed by atoms with Gasteiger partial charge in [-0.15, -0.1) is 0 Å². The van der Waals surface area contributed by atoms with E-state index in [1.165, 1.54) is 17.1 Å². The minimum atomic E-state index is -0.174. The minimum Gasteiger partial charge on any atom is -0.267 e. The second kappa shape index (κ2) is 4.49. The van der Waals surface area contributed by atoms with Crippen molar-refractivity contribution in [3.8, 4) is 17.2 Å². The monoisotopic (exact) mass is 253 g/mol. The number of hydrogen-bond donors (Lipinski definition) is 1. The third-order valence-electron chi connectivity index (χ3n) is 2.76. The molecule has 0 aliphatic heterocycles. The Morgan fingerprint density at radius 2 is 2.00 bits per heavy atom. The molecule has 3 aromatic rings. The Morgan fingerprint density at radius 3 is 2.68 bits per heavy atom. The smallest absolute Gasteiger partial charge is 0.267 e. The zero-order valence-electron chi connectivity index (χ0n) is 10.2. The number of hydrogen-bond acceptors (Lipinski definition) is 4. The molecule has 94 valence electrons. The molecule has 2 aromatic heterocycles. The molecule has 0 fully saturated rings. The van der Waals surface area contributed by atoms with Crippen LogP contribution in [0.15, 0.2) is 47.5 Å². The predicted molar refractivity (Wildman–Crippen MR) is 69.9 cm³/mol. The maximum absolute atomic E-state index is 12.0. The number of aromatic amines is 1. The largest absolute Gasteiger partial charge is 0.271 e. The molecule has 0 amide bonds. The van der Waals surface area contributed by atoms with Crippen LogP contribution in [0.5, 0.6) is 0 Å². The molecule has 0 radical (unpaired) electrons. The molecular weight excluding hydrogens is 242 g/mol. The van der Waals surface area contributed by atoms with Gasteiger partial charge in [0.05, 0.1) is 5.69 Å². The Labute approximate surface area is 108 Å². The molecule has 0 atom stereocenters. The predicted octanol–water partition coefficient (Wildman–Crippen LogP) is 1.33. The summed E-state index contributed by atoms with van der Waals surface area (Å²) in [4.78, 5) is 16.1. The first-order chi connectivity index (χ1) is 9.25. The van der Waals surface area contributed by atoms with Crippen molar-refractivity contribution in [2.45, 2.75) is 6.92 Å². The summed E-state index contributed by atoms with van der Waals surface area (Å²) in [6.07, 6.45) is 1.41. The molecule has 1 N–H and O–H groups in total. The average Bonchev–Trinajstić information content (AvgIpc) is 2.94. The molecule has 6 heteroatoms. The molecule has 0 aliphatic carbocycles. The Bertz CT molecular complexity index is 746. The van der Waals surface area contributed by atoms with Crippen LogP contribution in [-0.2, 0) is 0 Å². The van der Waals surface area contributed by atoms with Gasteiger partial charge in [-0.05, 0) is 24.6 Å². The van der Waals surface area contributed by atoms with E-state index in [1.807, 2.05) is 37.3 Å². The van der Waals surface area contributed by atoms with Gasteiger partial charge in [0.1, 0.15) is 12.0 Å². The van der Waals surface area contributed by atoms with Gasteiger partial charge in [0, 0.05) is 6.07 Å². The summed E-state index contributed by atoms with van der Waals surface area (Å²) < 4.78 is 1.35. The van der Waals surface area contributed by atoms with Crippen LogP contribution in [0.3, 0.4) is 0 Å². The Hall–Kier alpha value is -2.76. The van der Waals surface area contributed by atoms with E-state index in [0.29, 0.717) is 17.2 Å². The maximum atomic E-state index is 12.0. The van der Waals surface area contributed by atoms with Crippen LogP contribution in [0, 0.1) is 6.92 Å². The van der Waals surface area contributed by atoms with Crippen LogP contribution in [-0.4, -0.2) is 25.0 Å². The molecule has 2 heterocycles. The number of aryl methyl sites for hydroxylation is 1. The van der Waals surface area contributed by atoms with Crippen LogP contribution in [0.2, 0.25) is 0 Å². The number of rotatable bonds is 2. The summed E-state index contributed by atoms with van der Waals surface area (Å²) in [5.74, 6) is 0.544.